The van der Waals surface area contributed by atoms with Crippen LogP contribution in [0.15, 0.2) is 73.4 Å². The summed E-state index contributed by atoms with van der Waals surface area (Å²) < 4.78 is 1.93. The number of aliphatic hydroxyl groups is 1. The lowest BCUT2D eigenvalue weighted by Crippen LogP contribution is -2.18. The molecule has 5 rings (SSSR count). The zero-order valence-corrected chi connectivity index (χ0v) is 13.9. The number of imidazole rings is 1. The second kappa shape index (κ2) is 5.86. The SMILES string of the molecule is OC1C=CC=CC1c1cn2ccnc2c(Nc2ccc3[nH]ccc3c2)n1. The van der Waals surface area contributed by atoms with Crippen LogP contribution in [0.5, 0.6) is 0 Å². The molecule has 3 aromatic heterocycles. The van der Waals surface area contributed by atoms with Crippen molar-refractivity contribution in [1.82, 2.24) is 19.4 Å². The summed E-state index contributed by atoms with van der Waals surface area (Å²) in [7, 11) is 0. The summed E-state index contributed by atoms with van der Waals surface area (Å²) in [6.45, 7) is 0. The first-order valence-corrected chi connectivity index (χ1v) is 8.49. The van der Waals surface area contributed by atoms with Crippen LogP contribution in [0.2, 0.25) is 0 Å². The van der Waals surface area contributed by atoms with E-state index >= 15 is 0 Å². The maximum absolute atomic E-state index is 10.3. The zero-order valence-electron chi connectivity index (χ0n) is 13.9. The van der Waals surface area contributed by atoms with Crippen molar-refractivity contribution in [1.29, 1.82) is 0 Å². The summed E-state index contributed by atoms with van der Waals surface area (Å²) in [4.78, 5) is 12.4. The predicted octanol–water partition coefficient (Wildman–Crippen LogP) is 3.52. The van der Waals surface area contributed by atoms with Crippen LogP contribution in [0.3, 0.4) is 0 Å². The van der Waals surface area contributed by atoms with Gasteiger partial charge in [-0.05, 0) is 24.3 Å². The maximum Gasteiger partial charge on any atom is 0.180 e. The van der Waals surface area contributed by atoms with E-state index in [9.17, 15) is 5.11 Å². The van der Waals surface area contributed by atoms with E-state index in [1.165, 1.54) is 0 Å². The van der Waals surface area contributed by atoms with Crippen molar-refractivity contribution < 1.29 is 5.11 Å². The Labute approximate surface area is 149 Å². The van der Waals surface area contributed by atoms with Crippen LogP contribution in [-0.4, -0.2) is 30.6 Å². The molecule has 0 bridgehead atoms. The van der Waals surface area contributed by atoms with Gasteiger partial charge in [0.2, 0.25) is 0 Å². The zero-order chi connectivity index (χ0) is 17.5. The molecule has 2 unspecified atom stereocenters. The molecule has 6 nitrogen and oxygen atoms in total. The summed E-state index contributed by atoms with van der Waals surface area (Å²) >= 11 is 0. The number of H-pyrrole nitrogens is 1. The lowest BCUT2D eigenvalue weighted by atomic mass is 9.94. The Morgan fingerprint density at radius 1 is 1.15 bits per heavy atom. The number of nitrogens with one attached hydrogen (secondary N) is 2. The number of fused-ring (bicyclic) bond motifs is 2. The third-order valence-electron chi connectivity index (χ3n) is 4.66. The Hall–Kier alpha value is -3.38. The average molecular weight is 343 g/mol. The summed E-state index contributed by atoms with van der Waals surface area (Å²) in [6.07, 6.45) is 14.4. The topological polar surface area (TPSA) is 78.2 Å². The van der Waals surface area contributed by atoms with E-state index in [0.717, 1.165) is 27.9 Å². The van der Waals surface area contributed by atoms with Crippen LogP contribution < -0.4 is 5.32 Å². The lowest BCUT2D eigenvalue weighted by molar-refractivity contribution is 0.204. The third kappa shape index (κ3) is 2.48. The highest BCUT2D eigenvalue weighted by Gasteiger charge is 2.21. The Morgan fingerprint density at radius 2 is 2.08 bits per heavy atom. The summed E-state index contributed by atoms with van der Waals surface area (Å²) in [5.41, 5.74) is 3.55. The second-order valence-corrected chi connectivity index (χ2v) is 6.36. The van der Waals surface area contributed by atoms with Gasteiger partial charge in [0.15, 0.2) is 11.5 Å². The van der Waals surface area contributed by atoms with Crippen LogP contribution in [0.25, 0.3) is 16.6 Å². The number of aliphatic hydroxyl groups excluding tert-OH is 1. The minimum absolute atomic E-state index is 0.181. The molecule has 0 saturated heterocycles. The van der Waals surface area contributed by atoms with Crippen molar-refractivity contribution in [3.8, 4) is 0 Å². The minimum atomic E-state index is -0.586. The molecule has 0 fully saturated rings. The van der Waals surface area contributed by atoms with Gasteiger partial charge in [0.1, 0.15) is 0 Å². The van der Waals surface area contributed by atoms with E-state index in [1.807, 2.05) is 59.4 Å². The minimum Gasteiger partial charge on any atom is -0.388 e. The molecule has 0 amide bonds. The average Bonchev–Trinajstić information content (AvgIpc) is 3.30. The Bertz CT molecular complexity index is 1150. The van der Waals surface area contributed by atoms with E-state index in [2.05, 4.69) is 21.4 Å². The van der Waals surface area contributed by atoms with Gasteiger partial charge in [-0.25, -0.2) is 9.97 Å². The van der Waals surface area contributed by atoms with Crippen molar-refractivity contribution in [2.45, 2.75) is 12.0 Å². The fourth-order valence-electron chi connectivity index (χ4n) is 3.33. The van der Waals surface area contributed by atoms with Crippen LogP contribution in [0.4, 0.5) is 11.5 Å². The molecule has 3 N–H and O–H groups in total. The first-order chi connectivity index (χ1) is 12.8. The number of hydrogen-bond donors (Lipinski definition) is 3. The number of benzene rings is 1. The Kier molecular flexibility index (Phi) is 3.36. The predicted molar refractivity (Wildman–Crippen MR) is 102 cm³/mol. The second-order valence-electron chi connectivity index (χ2n) is 6.36. The smallest absolute Gasteiger partial charge is 0.180 e. The van der Waals surface area contributed by atoms with Crippen LogP contribution in [0.1, 0.15) is 11.6 Å². The Balaban J connectivity index is 1.58. The van der Waals surface area contributed by atoms with Gasteiger partial charge in [0, 0.05) is 41.4 Å². The van der Waals surface area contributed by atoms with Gasteiger partial charge in [0.25, 0.3) is 0 Å². The van der Waals surface area contributed by atoms with Gasteiger partial charge in [-0.1, -0.05) is 24.3 Å². The molecule has 4 aromatic rings. The Morgan fingerprint density at radius 3 is 3.00 bits per heavy atom. The molecule has 128 valence electrons. The molecule has 0 spiro atoms. The molecule has 0 saturated carbocycles. The largest absolute Gasteiger partial charge is 0.388 e. The number of aromatic amines is 1. The number of hydrogen-bond acceptors (Lipinski definition) is 4. The fourth-order valence-corrected chi connectivity index (χ4v) is 3.33. The first-order valence-electron chi connectivity index (χ1n) is 8.49. The van der Waals surface area contributed by atoms with Crippen molar-refractivity contribution in [2.75, 3.05) is 5.32 Å². The number of nitrogens with zero attached hydrogens (tertiary/aromatic N) is 3. The van der Waals surface area contributed by atoms with Crippen LogP contribution in [0, 0.1) is 0 Å². The van der Waals surface area contributed by atoms with Crippen molar-refractivity contribution >= 4 is 28.1 Å². The fraction of sp³-hybridized carbons (Fsp3) is 0.100. The van der Waals surface area contributed by atoms with E-state index in [4.69, 9.17) is 4.98 Å². The van der Waals surface area contributed by atoms with Gasteiger partial charge in [-0.3, -0.25) is 0 Å². The molecule has 0 radical (unpaired) electrons. The van der Waals surface area contributed by atoms with Gasteiger partial charge >= 0.3 is 0 Å². The quantitative estimate of drug-likeness (QED) is 0.532. The molecule has 2 atom stereocenters. The summed E-state index contributed by atoms with van der Waals surface area (Å²) in [6, 6.07) is 8.14. The van der Waals surface area contributed by atoms with E-state index in [-0.39, 0.29) is 5.92 Å². The molecule has 1 aliphatic carbocycles. The number of aromatic nitrogens is 4. The van der Waals surface area contributed by atoms with Gasteiger partial charge < -0.3 is 19.8 Å². The van der Waals surface area contributed by atoms with Gasteiger partial charge in [-0.15, -0.1) is 0 Å². The van der Waals surface area contributed by atoms with Crippen LogP contribution in [-0.2, 0) is 0 Å². The molecular weight excluding hydrogens is 326 g/mol. The lowest BCUT2D eigenvalue weighted by Gasteiger charge is -2.20. The third-order valence-corrected chi connectivity index (χ3v) is 4.66. The summed E-state index contributed by atoms with van der Waals surface area (Å²) in [5.74, 6) is 0.483. The monoisotopic (exact) mass is 343 g/mol. The van der Waals surface area contributed by atoms with Crippen LogP contribution >= 0.6 is 0 Å². The van der Waals surface area contributed by atoms with Crippen molar-refractivity contribution in [3.05, 3.63) is 79.1 Å². The van der Waals surface area contributed by atoms with E-state index in [1.54, 1.807) is 12.3 Å². The number of rotatable bonds is 3. The maximum atomic E-state index is 10.3. The first kappa shape index (κ1) is 14.9. The number of anilines is 2. The van der Waals surface area contributed by atoms with Gasteiger partial charge in [0.05, 0.1) is 17.7 Å². The van der Waals surface area contributed by atoms with Crippen molar-refractivity contribution in [2.24, 2.45) is 0 Å². The molecule has 0 aliphatic heterocycles. The number of allylic oxidation sites excluding steroid dienone is 2. The molecular formula is C20H17N5O. The molecule has 6 heteroatoms. The van der Waals surface area contributed by atoms with E-state index in [0.29, 0.717) is 5.82 Å². The highest BCUT2D eigenvalue weighted by atomic mass is 16.3. The molecule has 1 aromatic carbocycles. The standard InChI is InChI=1S/C20H17N5O/c26-18-4-2-1-3-15(18)17-12-25-10-9-22-20(25)19(24-17)23-14-5-6-16-13(11-14)7-8-21-16/h1-12,15,18,21,26H,(H,23,24). The molecule has 26 heavy (non-hydrogen) atoms. The normalized spacial score (nSPS) is 19.4. The van der Waals surface area contributed by atoms with E-state index < -0.39 is 6.10 Å². The summed E-state index contributed by atoms with van der Waals surface area (Å²) in [5, 5.41) is 14.8. The highest BCUT2D eigenvalue weighted by molar-refractivity contribution is 5.84. The molecule has 3 heterocycles. The van der Waals surface area contributed by atoms with Gasteiger partial charge in [-0.2, -0.15) is 0 Å². The van der Waals surface area contributed by atoms with Crippen molar-refractivity contribution in [3.63, 3.8) is 0 Å². The highest BCUT2D eigenvalue weighted by Crippen LogP contribution is 2.28. The molecule has 1 aliphatic rings.